The van der Waals surface area contributed by atoms with Gasteiger partial charge in [0.15, 0.2) is 0 Å². The van der Waals surface area contributed by atoms with Crippen LogP contribution >= 0.6 is 0 Å². The van der Waals surface area contributed by atoms with Gasteiger partial charge in [0.2, 0.25) is 11.8 Å². The minimum Gasteiger partial charge on any atom is -0.463 e. The minimum absolute atomic E-state index is 0.00916. The molecule has 2 aromatic carbocycles. The lowest BCUT2D eigenvalue weighted by Crippen LogP contribution is -2.48. The molecule has 2 atom stereocenters. The summed E-state index contributed by atoms with van der Waals surface area (Å²) in [4.78, 5) is 39.5. The molecule has 2 N–H and O–H groups in total. The number of carbonyl (C=O) groups is 3. The number of likely N-dealkylation sites (tertiary alicyclic amines) is 1. The second-order valence-corrected chi connectivity index (χ2v) is 8.97. The van der Waals surface area contributed by atoms with E-state index in [4.69, 9.17) is 4.74 Å². The average Bonchev–Trinajstić information content (AvgIpc) is 3.60. The molecule has 1 aliphatic carbocycles. The Hall–Kier alpha value is -3.19. The molecule has 2 amide bonds. The van der Waals surface area contributed by atoms with E-state index in [9.17, 15) is 14.4 Å². The molecule has 0 saturated carbocycles. The van der Waals surface area contributed by atoms with Crippen LogP contribution in [0.4, 0.5) is 0 Å². The number of amides is 2. The molecular weight excluding hydrogens is 418 g/mol. The summed E-state index contributed by atoms with van der Waals surface area (Å²) in [6.07, 6.45) is 3.08. The highest BCUT2D eigenvalue weighted by Gasteiger charge is 2.37. The van der Waals surface area contributed by atoms with E-state index in [1.807, 2.05) is 24.3 Å². The lowest BCUT2D eigenvalue weighted by molar-refractivity contribution is -0.153. The van der Waals surface area contributed by atoms with Gasteiger partial charge in [-0.25, -0.2) is 4.79 Å². The van der Waals surface area contributed by atoms with Crippen LogP contribution in [0.3, 0.4) is 0 Å². The van der Waals surface area contributed by atoms with Crippen molar-refractivity contribution in [2.45, 2.75) is 43.7 Å². The van der Waals surface area contributed by atoms with E-state index in [2.05, 4.69) is 34.9 Å². The normalized spacial score (nSPS) is 21.5. The average molecular weight is 448 g/mol. The molecule has 0 radical (unpaired) electrons. The standard InChI is InChI=1S/C26H29N3O4/c30-24(15-28-25(31)22-11-5-13-27-22)29-14-6-12-23(29)26(32)33-16-21-19-9-3-1-7-17(19)18-8-2-4-10-20(18)21/h1-4,7-10,21-23,27H,5-6,11-16H2,(H,28,31)/t22-,23-/m0/s1. The molecule has 2 aliphatic heterocycles. The molecule has 2 heterocycles. The van der Waals surface area contributed by atoms with Crippen LogP contribution in [0, 0.1) is 0 Å². The van der Waals surface area contributed by atoms with Crippen molar-refractivity contribution < 1.29 is 19.1 Å². The van der Waals surface area contributed by atoms with Crippen LogP contribution < -0.4 is 10.6 Å². The van der Waals surface area contributed by atoms with E-state index in [0.29, 0.717) is 13.0 Å². The molecule has 0 spiro atoms. The van der Waals surface area contributed by atoms with Crippen LogP contribution in [0.1, 0.15) is 42.7 Å². The third-order valence-electron chi connectivity index (χ3n) is 6.99. The van der Waals surface area contributed by atoms with Crippen LogP contribution in [-0.4, -0.2) is 61.0 Å². The fraction of sp³-hybridized carbons (Fsp3) is 0.423. The number of hydrogen-bond donors (Lipinski definition) is 2. The number of esters is 1. The van der Waals surface area contributed by atoms with Gasteiger partial charge in [0.1, 0.15) is 12.6 Å². The molecule has 2 fully saturated rings. The monoisotopic (exact) mass is 447 g/mol. The van der Waals surface area contributed by atoms with E-state index in [1.165, 1.54) is 11.1 Å². The van der Waals surface area contributed by atoms with Gasteiger partial charge in [0, 0.05) is 12.5 Å². The summed E-state index contributed by atoms with van der Waals surface area (Å²) >= 11 is 0. The molecule has 5 rings (SSSR count). The summed E-state index contributed by atoms with van der Waals surface area (Å²) in [5.41, 5.74) is 4.68. The van der Waals surface area contributed by atoms with Gasteiger partial charge >= 0.3 is 5.97 Å². The van der Waals surface area contributed by atoms with E-state index < -0.39 is 6.04 Å². The second-order valence-electron chi connectivity index (χ2n) is 8.97. The zero-order valence-electron chi connectivity index (χ0n) is 18.6. The van der Waals surface area contributed by atoms with Gasteiger partial charge in [-0.05, 0) is 54.5 Å². The van der Waals surface area contributed by atoms with Gasteiger partial charge in [-0.1, -0.05) is 48.5 Å². The highest BCUT2D eigenvalue weighted by molar-refractivity contribution is 5.90. The van der Waals surface area contributed by atoms with Gasteiger partial charge in [0.05, 0.1) is 12.6 Å². The Morgan fingerprint density at radius 3 is 2.33 bits per heavy atom. The van der Waals surface area contributed by atoms with E-state index >= 15 is 0 Å². The Morgan fingerprint density at radius 1 is 0.970 bits per heavy atom. The van der Waals surface area contributed by atoms with Crippen LogP contribution in [0.15, 0.2) is 48.5 Å². The smallest absolute Gasteiger partial charge is 0.328 e. The Bertz CT molecular complexity index is 1020. The number of nitrogens with zero attached hydrogens (tertiary/aromatic N) is 1. The predicted molar refractivity (Wildman–Crippen MR) is 123 cm³/mol. The maximum atomic E-state index is 13.0. The largest absolute Gasteiger partial charge is 0.463 e. The van der Waals surface area contributed by atoms with Crippen LogP contribution in [0.5, 0.6) is 0 Å². The highest BCUT2D eigenvalue weighted by atomic mass is 16.5. The summed E-state index contributed by atoms with van der Waals surface area (Å²) in [5.74, 6) is -0.772. The maximum absolute atomic E-state index is 13.0. The number of hydrogen-bond acceptors (Lipinski definition) is 5. The number of benzene rings is 2. The van der Waals surface area contributed by atoms with Crippen LogP contribution in [0.2, 0.25) is 0 Å². The molecule has 0 bridgehead atoms. The van der Waals surface area contributed by atoms with E-state index in [1.54, 1.807) is 4.90 Å². The fourth-order valence-electron chi connectivity index (χ4n) is 5.31. The van der Waals surface area contributed by atoms with Crippen molar-refractivity contribution >= 4 is 17.8 Å². The third-order valence-corrected chi connectivity index (χ3v) is 6.99. The fourth-order valence-corrected chi connectivity index (χ4v) is 5.31. The molecule has 2 aromatic rings. The first-order valence-electron chi connectivity index (χ1n) is 11.8. The summed E-state index contributed by atoms with van der Waals surface area (Å²) < 4.78 is 5.78. The van der Waals surface area contributed by atoms with Crippen molar-refractivity contribution in [3.05, 3.63) is 59.7 Å². The van der Waals surface area contributed by atoms with Crippen LogP contribution in [-0.2, 0) is 19.1 Å². The molecule has 2 saturated heterocycles. The maximum Gasteiger partial charge on any atom is 0.328 e. The van der Waals surface area contributed by atoms with Gasteiger partial charge < -0.3 is 20.3 Å². The van der Waals surface area contributed by atoms with Crippen molar-refractivity contribution in [1.82, 2.24) is 15.5 Å². The van der Waals surface area contributed by atoms with Gasteiger partial charge in [-0.15, -0.1) is 0 Å². The summed E-state index contributed by atoms with van der Waals surface area (Å²) in [7, 11) is 0. The zero-order chi connectivity index (χ0) is 22.8. The first kappa shape index (κ1) is 21.6. The first-order chi connectivity index (χ1) is 16.1. The number of ether oxygens (including phenoxy) is 1. The van der Waals surface area contributed by atoms with Crippen LogP contribution in [0.25, 0.3) is 11.1 Å². The van der Waals surface area contributed by atoms with Crippen molar-refractivity contribution in [2.75, 3.05) is 26.2 Å². The summed E-state index contributed by atoms with van der Waals surface area (Å²) in [5, 5.41) is 5.84. The molecule has 7 nitrogen and oxygen atoms in total. The molecule has 0 aromatic heterocycles. The number of rotatable bonds is 6. The second kappa shape index (κ2) is 9.35. The Labute approximate surface area is 193 Å². The number of nitrogens with one attached hydrogen (secondary N) is 2. The Balaban J connectivity index is 1.20. The minimum atomic E-state index is -0.592. The van der Waals surface area contributed by atoms with Crippen molar-refractivity contribution in [3.8, 4) is 11.1 Å². The van der Waals surface area contributed by atoms with Crippen molar-refractivity contribution in [3.63, 3.8) is 0 Å². The summed E-state index contributed by atoms with van der Waals surface area (Å²) in [6, 6.07) is 15.6. The predicted octanol–water partition coefficient (Wildman–Crippen LogP) is 2.20. The molecule has 7 heteroatoms. The zero-order valence-corrected chi connectivity index (χ0v) is 18.6. The molecule has 0 unspecified atom stereocenters. The lowest BCUT2D eigenvalue weighted by Gasteiger charge is -2.24. The third kappa shape index (κ3) is 4.25. The molecule has 3 aliphatic rings. The van der Waals surface area contributed by atoms with Crippen molar-refractivity contribution in [1.29, 1.82) is 0 Å². The lowest BCUT2D eigenvalue weighted by atomic mass is 9.98. The van der Waals surface area contributed by atoms with Gasteiger partial charge in [0.25, 0.3) is 0 Å². The Morgan fingerprint density at radius 2 is 1.67 bits per heavy atom. The molecule has 172 valence electrons. The Kier molecular flexibility index (Phi) is 6.13. The number of fused-ring (bicyclic) bond motifs is 3. The topological polar surface area (TPSA) is 87.7 Å². The quantitative estimate of drug-likeness (QED) is 0.663. The van der Waals surface area contributed by atoms with Crippen molar-refractivity contribution in [2.24, 2.45) is 0 Å². The molecule has 33 heavy (non-hydrogen) atoms. The van der Waals surface area contributed by atoms with Gasteiger partial charge in [-0.3, -0.25) is 9.59 Å². The highest BCUT2D eigenvalue weighted by Crippen LogP contribution is 2.44. The summed E-state index contributed by atoms with van der Waals surface area (Å²) in [6.45, 7) is 1.48. The van der Waals surface area contributed by atoms with E-state index in [0.717, 1.165) is 36.9 Å². The van der Waals surface area contributed by atoms with Gasteiger partial charge in [-0.2, -0.15) is 0 Å². The SMILES string of the molecule is O=C(NCC(=O)N1CCC[C@H]1C(=O)OCC1c2ccccc2-c2ccccc21)[C@@H]1CCCN1. The first-order valence-corrected chi connectivity index (χ1v) is 11.8. The molecular formula is C26H29N3O4. The van der Waals surface area contributed by atoms with E-state index in [-0.39, 0.29) is 42.9 Å². The number of carbonyl (C=O) groups excluding carboxylic acids is 3.